The van der Waals surface area contributed by atoms with E-state index in [1.165, 1.54) is 11.1 Å². The van der Waals surface area contributed by atoms with E-state index in [0.29, 0.717) is 13.1 Å². The molecular weight excluding hydrogens is 326 g/mol. The minimum atomic E-state index is -0.0475. The highest BCUT2D eigenvalue weighted by Gasteiger charge is 2.23. The summed E-state index contributed by atoms with van der Waals surface area (Å²) in [4.78, 5) is 24.6. The van der Waals surface area contributed by atoms with E-state index in [-0.39, 0.29) is 6.03 Å². The molecular formula is C20H23N5O. The number of benzene rings is 2. The van der Waals surface area contributed by atoms with Crippen molar-refractivity contribution in [2.45, 2.75) is 13.8 Å². The van der Waals surface area contributed by atoms with E-state index in [9.17, 15) is 4.79 Å². The molecule has 1 saturated heterocycles. The smallest absolute Gasteiger partial charge is 0.321 e. The lowest BCUT2D eigenvalue weighted by molar-refractivity contribution is 0.208. The summed E-state index contributed by atoms with van der Waals surface area (Å²) in [7, 11) is 0. The Bertz CT molecular complexity index is 923. The van der Waals surface area contributed by atoms with E-state index in [0.717, 1.165) is 35.8 Å². The molecule has 1 fully saturated rings. The van der Waals surface area contributed by atoms with Crippen LogP contribution in [0.15, 0.2) is 42.5 Å². The van der Waals surface area contributed by atoms with E-state index in [2.05, 4.69) is 39.2 Å². The number of nitrogens with one attached hydrogen (secondary N) is 2. The van der Waals surface area contributed by atoms with Crippen LogP contribution in [0.4, 0.5) is 16.4 Å². The van der Waals surface area contributed by atoms with E-state index in [4.69, 9.17) is 0 Å². The molecule has 0 spiro atoms. The number of H-pyrrole nitrogens is 1. The molecule has 6 heteroatoms. The predicted octanol–water partition coefficient (Wildman–Crippen LogP) is 3.53. The minimum absolute atomic E-state index is 0.0475. The van der Waals surface area contributed by atoms with E-state index in [1.54, 1.807) is 0 Å². The van der Waals surface area contributed by atoms with Gasteiger partial charge >= 0.3 is 6.03 Å². The largest absolute Gasteiger partial charge is 0.339 e. The van der Waals surface area contributed by atoms with Crippen molar-refractivity contribution in [3.8, 4) is 0 Å². The second-order valence-corrected chi connectivity index (χ2v) is 6.85. The van der Waals surface area contributed by atoms with Gasteiger partial charge in [-0.1, -0.05) is 23.8 Å². The van der Waals surface area contributed by atoms with Crippen molar-refractivity contribution in [1.82, 2.24) is 14.9 Å². The number of aromatic nitrogens is 2. The summed E-state index contributed by atoms with van der Waals surface area (Å²) in [5.41, 5.74) is 5.25. The van der Waals surface area contributed by atoms with Crippen LogP contribution in [-0.2, 0) is 0 Å². The van der Waals surface area contributed by atoms with Gasteiger partial charge < -0.3 is 20.1 Å². The number of aromatic amines is 1. The zero-order chi connectivity index (χ0) is 18.1. The molecule has 0 bridgehead atoms. The van der Waals surface area contributed by atoms with E-state index in [1.807, 2.05) is 42.2 Å². The molecule has 1 aliphatic rings. The molecule has 2 heterocycles. The summed E-state index contributed by atoms with van der Waals surface area (Å²) in [5.74, 6) is 0.879. The highest BCUT2D eigenvalue weighted by atomic mass is 16.2. The van der Waals surface area contributed by atoms with Gasteiger partial charge in [0.1, 0.15) is 0 Å². The van der Waals surface area contributed by atoms with Crippen LogP contribution >= 0.6 is 0 Å². The Morgan fingerprint density at radius 3 is 2.42 bits per heavy atom. The number of piperazine rings is 1. The topological polar surface area (TPSA) is 64.3 Å². The number of aryl methyl sites for hydroxylation is 2. The number of urea groups is 1. The van der Waals surface area contributed by atoms with Gasteiger partial charge in [-0.25, -0.2) is 9.78 Å². The number of hydrogen-bond donors (Lipinski definition) is 2. The number of amides is 2. The maximum atomic E-state index is 12.4. The van der Waals surface area contributed by atoms with Gasteiger partial charge in [0.15, 0.2) is 0 Å². The normalized spacial score (nSPS) is 14.7. The molecule has 1 aliphatic heterocycles. The first-order valence-electron chi connectivity index (χ1n) is 8.92. The molecule has 4 rings (SSSR count). The van der Waals surface area contributed by atoms with Crippen LogP contribution in [0.3, 0.4) is 0 Å². The van der Waals surface area contributed by atoms with Gasteiger partial charge in [-0.05, 0) is 43.7 Å². The van der Waals surface area contributed by atoms with Gasteiger partial charge in [-0.3, -0.25) is 0 Å². The van der Waals surface area contributed by atoms with Crippen molar-refractivity contribution in [1.29, 1.82) is 0 Å². The highest BCUT2D eigenvalue weighted by molar-refractivity contribution is 5.89. The quantitative estimate of drug-likeness (QED) is 0.744. The van der Waals surface area contributed by atoms with Gasteiger partial charge in [-0.2, -0.15) is 0 Å². The summed E-state index contributed by atoms with van der Waals surface area (Å²) in [6.45, 7) is 6.98. The van der Waals surface area contributed by atoms with Crippen LogP contribution < -0.4 is 10.2 Å². The molecule has 134 valence electrons. The first-order valence-corrected chi connectivity index (χ1v) is 8.92. The molecule has 1 aromatic heterocycles. The third kappa shape index (κ3) is 3.35. The van der Waals surface area contributed by atoms with Gasteiger partial charge in [-0.15, -0.1) is 0 Å². The van der Waals surface area contributed by atoms with Gasteiger partial charge in [0.05, 0.1) is 11.0 Å². The van der Waals surface area contributed by atoms with Gasteiger partial charge in [0, 0.05) is 31.9 Å². The van der Waals surface area contributed by atoms with Crippen LogP contribution in [-0.4, -0.2) is 47.1 Å². The Morgan fingerprint density at radius 1 is 1.00 bits per heavy atom. The Morgan fingerprint density at radius 2 is 1.69 bits per heavy atom. The number of hydrogen-bond acceptors (Lipinski definition) is 3. The second kappa shape index (κ2) is 6.71. The average Bonchev–Trinajstić information content (AvgIpc) is 3.07. The average molecular weight is 349 g/mol. The Balaban J connectivity index is 1.38. The summed E-state index contributed by atoms with van der Waals surface area (Å²) in [5, 5.41) is 2.97. The van der Waals surface area contributed by atoms with Crippen molar-refractivity contribution < 1.29 is 4.79 Å². The number of anilines is 2. The molecule has 2 amide bonds. The lowest BCUT2D eigenvalue weighted by Crippen LogP contribution is -2.50. The lowest BCUT2D eigenvalue weighted by atomic mass is 10.2. The third-order valence-corrected chi connectivity index (χ3v) is 4.79. The Hall–Kier alpha value is -3.02. The number of carbonyl (C=O) groups excluding carboxylic acids is 1. The van der Waals surface area contributed by atoms with Crippen LogP contribution in [0.25, 0.3) is 11.0 Å². The van der Waals surface area contributed by atoms with Crippen molar-refractivity contribution in [3.05, 3.63) is 53.6 Å². The van der Waals surface area contributed by atoms with Crippen LogP contribution in [0.2, 0.25) is 0 Å². The van der Waals surface area contributed by atoms with Crippen molar-refractivity contribution in [2.24, 2.45) is 0 Å². The number of carbonyl (C=O) groups is 1. The molecule has 0 saturated carbocycles. The fraction of sp³-hybridized carbons (Fsp3) is 0.300. The maximum Gasteiger partial charge on any atom is 0.321 e. The molecule has 6 nitrogen and oxygen atoms in total. The van der Waals surface area contributed by atoms with E-state index >= 15 is 0 Å². The fourth-order valence-corrected chi connectivity index (χ4v) is 3.22. The predicted molar refractivity (Wildman–Crippen MR) is 105 cm³/mol. The summed E-state index contributed by atoms with van der Waals surface area (Å²) < 4.78 is 0. The summed E-state index contributed by atoms with van der Waals surface area (Å²) in [6.07, 6.45) is 0. The van der Waals surface area contributed by atoms with Crippen molar-refractivity contribution in [2.75, 3.05) is 36.4 Å². The minimum Gasteiger partial charge on any atom is -0.339 e. The molecule has 26 heavy (non-hydrogen) atoms. The monoisotopic (exact) mass is 349 g/mol. The SMILES string of the molecule is Cc1ccc(NC(=O)N2CCN(c3nc4ccc(C)cc4[nH]3)CC2)cc1. The summed E-state index contributed by atoms with van der Waals surface area (Å²) in [6, 6.07) is 14.0. The van der Waals surface area contributed by atoms with Crippen molar-refractivity contribution >= 4 is 28.7 Å². The third-order valence-electron chi connectivity index (χ3n) is 4.79. The standard InChI is InChI=1S/C20H23N5O/c1-14-3-6-16(7-4-14)21-20(26)25-11-9-24(10-12-25)19-22-17-8-5-15(2)13-18(17)23-19/h3-8,13H,9-12H2,1-2H3,(H,21,26)(H,22,23). The van der Waals surface area contributed by atoms with Gasteiger partial charge in [0.2, 0.25) is 5.95 Å². The molecule has 0 atom stereocenters. The zero-order valence-corrected chi connectivity index (χ0v) is 15.1. The number of imidazole rings is 1. The van der Waals surface area contributed by atoms with Gasteiger partial charge in [0.25, 0.3) is 0 Å². The molecule has 0 unspecified atom stereocenters. The fourth-order valence-electron chi connectivity index (χ4n) is 3.22. The molecule has 3 aromatic rings. The molecule has 2 aromatic carbocycles. The highest BCUT2D eigenvalue weighted by Crippen LogP contribution is 2.20. The molecule has 0 radical (unpaired) electrons. The van der Waals surface area contributed by atoms with Crippen molar-refractivity contribution in [3.63, 3.8) is 0 Å². The Labute approximate surface area is 152 Å². The second-order valence-electron chi connectivity index (χ2n) is 6.85. The molecule has 0 aliphatic carbocycles. The Kier molecular flexibility index (Phi) is 4.24. The van der Waals surface area contributed by atoms with Crippen LogP contribution in [0, 0.1) is 13.8 Å². The first-order chi connectivity index (χ1) is 12.6. The first kappa shape index (κ1) is 16.4. The lowest BCUT2D eigenvalue weighted by Gasteiger charge is -2.34. The summed E-state index contributed by atoms with van der Waals surface area (Å²) >= 11 is 0. The van der Waals surface area contributed by atoms with Crippen LogP contribution in [0.5, 0.6) is 0 Å². The number of fused-ring (bicyclic) bond motifs is 1. The maximum absolute atomic E-state index is 12.4. The zero-order valence-electron chi connectivity index (χ0n) is 15.1. The molecule has 2 N–H and O–H groups in total. The number of nitrogens with zero attached hydrogens (tertiary/aromatic N) is 3. The van der Waals surface area contributed by atoms with E-state index < -0.39 is 0 Å². The van der Waals surface area contributed by atoms with Crippen LogP contribution in [0.1, 0.15) is 11.1 Å². The number of rotatable bonds is 2.